The lowest BCUT2D eigenvalue weighted by Crippen LogP contribution is -2.12. The van der Waals surface area contributed by atoms with Crippen LogP contribution in [0.1, 0.15) is 10.4 Å². The van der Waals surface area contributed by atoms with Gasteiger partial charge >= 0.3 is 0 Å². The number of nitrogen functional groups attached to an aromatic ring is 1. The number of ether oxygens (including phenoxy) is 1. The normalized spacial score (nSPS) is 10.5. The number of anilines is 2. The number of carbonyl (C=O) groups is 1. The van der Waals surface area contributed by atoms with Crippen LogP contribution in [0.15, 0.2) is 53.1 Å². The third kappa shape index (κ3) is 2.41. The Balaban J connectivity index is 1.90. The second-order valence-corrected chi connectivity index (χ2v) is 4.55. The van der Waals surface area contributed by atoms with Crippen molar-refractivity contribution >= 4 is 28.3 Å². The van der Waals surface area contributed by atoms with E-state index < -0.39 is 0 Å². The number of methoxy groups -OCH3 is 1. The van der Waals surface area contributed by atoms with Crippen molar-refractivity contribution in [1.29, 1.82) is 0 Å². The Morgan fingerprint density at radius 2 is 2.05 bits per heavy atom. The fourth-order valence-corrected chi connectivity index (χ4v) is 2.12. The van der Waals surface area contributed by atoms with Gasteiger partial charge in [-0.3, -0.25) is 4.79 Å². The highest BCUT2D eigenvalue weighted by Gasteiger charge is 2.14. The first-order valence-corrected chi connectivity index (χ1v) is 6.40. The van der Waals surface area contributed by atoms with Crippen LogP contribution in [0, 0.1) is 0 Å². The van der Waals surface area contributed by atoms with E-state index in [0.29, 0.717) is 28.3 Å². The van der Waals surface area contributed by atoms with E-state index in [-0.39, 0.29) is 5.91 Å². The predicted octanol–water partition coefficient (Wildman–Crippen LogP) is 3.28. The summed E-state index contributed by atoms with van der Waals surface area (Å²) in [5.41, 5.74) is 8.01. The maximum Gasteiger partial charge on any atom is 0.259 e. The molecule has 3 aromatic rings. The minimum atomic E-state index is -0.267. The van der Waals surface area contributed by atoms with Crippen LogP contribution >= 0.6 is 0 Å². The first-order chi connectivity index (χ1) is 10.2. The zero-order valence-electron chi connectivity index (χ0n) is 11.4. The smallest absolute Gasteiger partial charge is 0.259 e. The van der Waals surface area contributed by atoms with Crippen LogP contribution in [0.3, 0.4) is 0 Å². The number of furan rings is 1. The van der Waals surface area contributed by atoms with E-state index in [9.17, 15) is 4.79 Å². The maximum atomic E-state index is 12.3. The minimum absolute atomic E-state index is 0.267. The van der Waals surface area contributed by atoms with Gasteiger partial charge in [0.1, 0.15) is 17.6 Å². The number of hydrogen-bond donors (Lipinski definition) is 2. The number of para-hydroxylation sites is 1. The van der Waals surface area contributed by atoms with Gasteiger partial charge < -0.3 is 20.2 Å². The van der Waals surface area contributed by atoms with Gasteiger partial charge in [0, 0.05) is 11.5 Å². The van der Waals surface area contributed by atoms with Gasteiger partial charge in [0.2, 0.25) is 0 Å². The Morgan fingerprint density at radius 3 is 2.81 bits per heavy atom. The molecule has 0 saturated heterocycles. The summed E-state index contributed by atoms with van der Waals surface area (Å²) in [4.78, 5) is 12.3. The van der Waals surface area contributed by atoms with E-state index in [0.717, 1.165) is 5.39 Å². The average molecular weight is 282 g/mol. The van der Waals surface area contributed by atoms with Crippen LogP contribution in [-0.4, -0.2) is 13.0 Å². The molecule has 3 N–H and O–H groups in total. The van der Waals surface area contributed by atoms with Crippen molar-refractivity contribution in [2.24, 2.45) is 0 Å². The number of carbonyl (C=O) groups excluding carboxylic acids is 1. The Labute approximate surface area is 121 Å². The van der Waals surface area contributed by atoms with Crippen LogP contribution in [0.4, 0.5) is 11.4 Å². The predicted molar refractivity (Wildman–Crippen MR) is 81.6 cm³/mol. The highest BCUT2D eigenvalue weighted by molar-refractivity contribution is 6.13. The molecule has 5 heteroatoms. The molecule has 0 spiro atoms. The molecule has 0 aliphatic carbocycles. The fraction of sp³-hybridized carbons (Fsp3) is 0.0625. The molecule has 21 heavy (non-hydrogen) atoms. The van der Waals surface area contributed by atoms with Gasteiger partial charge in [-0.25, -0.2) is 0 Å². The second-order valence-electron chi connectivity index (χ2n) is 4.55. The van der Waals surface area contributed by atoms with Gasteiger partial charge in [-0.2, -0.15) is 0 Å². The Morgan fingerprint density at radius 1 is 1.24 bits per heavy atom. The molecule has 2 aromatic carbocycles. The molecule has 1 amide bonds. The molecular formula is C16H14N2O3. The third-order valence-electron chi connectivity index (χ3n) is 3.23. The quantitative estimate of drug-likeness (QED) is 0.723. The van der Waals surface area contributed by atoms with Crippen molar-refractivity contribution in [2.75, 3.05) is 18.2 Å². The third-order valence-corrected chi connectivity index (χ3v) is 3.23. The summed E-state index contributed by atoms with van der Waals surface area (Å²) in [7, 11) is 1.56. The zero-order valence-corrected chi connectivity index (χ0v) is 11.4. The van der Waals surface area contributed by atoms with Crippen LogP contribution in [0.5, 0.6) is 5.75 Å². The lowest BCUT2D eigenvalue weighted by molar-refractivity contribution is 0.102. The summed E-state index contributed by atoms with van der Waals surface area (Å²) in [5, 5.41) is 3.54. The lowest BCUT2D eigenvalue weighted by Gasteiger charge is -2.09. The standard InChI is InChI=1S/C16H14N2O3/c1-20-10-6-7-14(13(17)8-10)18-16(19)12-9-21-15-5-3-2-4-11(12)15/h2-9H,17H2,1H3,(H,18,19). The Hall–Kier alpha value is -2.95. The maximum absolute atomic E-state index is 12.3. The largest absolute Gasteiger partial charge is 0.497 e. The second kappa shape index (κ2) is 5.20. The summed E-state index contributed by atoms with van der Waals surface area (Å²) in [6.45, 7) is 0. The monoisotopic (exact) mass is 282 g/mol. The topological polar surface area (TPSA) is 77.5 Å². The van der Waals surface area contributed by atoms with Crippen molar-refractivity contribution in [2.45, 2.75) is 0 Å². The molecule has 1 aromatic heterocycles. The van der Waals surface area contributed by atoms with E-state index in [1.54, 1.807) is 25.3 Å². The van der Waals surface area contributed by atoms with Gasteiger partial charge in [-0.15, -0.1) is 0 Å². The number of nitrogens with two attached hydrogens (primary N) is 1. The number of hydrogen-bond acceptors (Lipinski definition) is 4. The van der Waals surface area contributed by atoms with Crippen molar-refractivity contribution in [3.63, 3.8) is 0 Å². The summed E-state index contributed by atoms with van der Waals surface area (Å²) in [6, 6.07) is 12.5. The highest BCUT2D eigenvalue weighted by atomic mass is 16.5. The number of fused-ring (bicyclic) bond motifs is 1. The summed E-state index contributed by atoms with van der Waals surface area (Å²) in [6.07, 6.45) is 1.44. The molecule has 5 nitrogen and oxygen atoms in total. The Bertz CT molecular complexity index is 808. The molecule has 0 saturated carbocycles. The van der Waals surface area contributed by atoms with Crippen molar-refractivity contribution < 1.29 is 13.9 Å². The van der Waals surface area contributed by atoms with Crippen LogP contribution in [0.25, 0.3) is 11.0 Å². The molecule has 0 fully saturated rings. The van der Waals surface area contributed by atoms with Crippen LogP contribution < -0.4 is 15.8 Å². The van der Waals surface area contributed by atoms with E-state index in [1.165, 1.54) is 6.26 Å². The molecule has 0 atom stereocenters. The first kappa shape index (κ1) is 13.1. The van der Waals surface area contributed by atoms with Crippen molar-refractivity contribution in [3.8, 4) is 5.75 Å². The summed E-state index contributed by atoms with van der Waals surface area (Å²) in [5.74, 6) is 0.371. The molecule has 0 unspecified atom stereocenters. The van der Waals surface area contributed by atoms with Crippen LogP contribution in [-0.2, 0) is 0 Å². The van der Waals surface area contributed by atoms with Gasteiger partial charge in [0.05, 0.1) is 24.0 Å². The van der Waals surface area contributed by atoms with E-state index >= 15 is 0 Å². The fourth-order valence-electron chi connectivity index (χ4n) is 2.12. The lowest BCUT2D eigenvalue weighted by atomic mass is 10.1. The Kier molecular flexibility index (Phi) is 3.23. The number of rotatable bonds is 3. The minimum Gasteiger partial charge on any atom is -0.497 e. The van der Waals surface area contributed by atoms with Gasteiger partial charge in [0.25, 0.3) is 5.91 Å². The SMILES string of the molecule is COc1ccc(NC(=O)c2coc3ccccc23)c(N)c1. The highest BCUT2D eigenvalue weighted by Crippen LogP contribution is 2.26. The molecular weight excluding hydrogens is 268 g/mol. The van der Waals surface area contributed by atoms with Crippen LogP contribution in [0.2, 0.25) is 0 Å². The summed E-state index contributed by atoms with van der Waals surface area (Å²) < 4.78 is 10.4. The number of amides is 1. The molecule has 1 heterocycles. The molecule has 0 bridgehead atoms. The summed E-state index contributed by atoms with van der Waals surface area (Å²) >= 11 is 0. The number of benzene rings is 2. The van der Waals surface area contributed by atoms with E-state index in [2.05, 4.69) is 5.32 Å². The molecule has 0 radical (unpaired) electrons. The molecule has 3 rings (SSSR count). The van der Waals surface area contributed by atoms with Gasteiger partial charge in [-0.05, 0) is 18.2 Å². The first-order valence-electron chi connectivity index (χ1n) is 6.40. The van der Waals surface area contributed by atoms with Crippen molar-refractivity contribution in [3.05, 3.63) is 54.3 Å². The van der Waals surface area contributed by atoms with E-state index in [4.69, 9.17) is 14.9 Å². The molecule has 106 valence electrons. The van der Waals surface area contributed by atoms with Crippen molar-refractivity contribution in [1.82, 2.24) is 0 Å². The molecule has 0 aliphatic rings. The van der Waals surface area contributed by atoms with E-state index in [1.807, 2.05) is 24.3 Å². The van der Waals surface area contributed by atoms with Gasteiger partial charge in [0.15, 0.2) is 0 Å². The molecule has 0 aliphatic heterocycles. The average Bonchev–Trinajstić information content (AvgIpc) is 2.93. The number of nitrogens with one attached hydrogen (secondary N) is 1. The zero-order chi connectivity index (χ0) is 14.8. The van der Waals surface area contributed by atoms with Gasteiger partial charge in [-0.1, -0.05) is 18.2 Å².